The molecule has 44 heavy (non-hydrogen) atoms. The average Bonchev–Trinajstić information content (AvgIpc) is 3.03. The molecule has 0 spiro atoms. The topological polar surface area (TPSA) is 141 Å². The number of hydrogen-bond acceptors (Lipinski definition) is 9. The Hall–Kier alpha value is -3.68. The molecule has 240 valence electrons. The number of amides is 2. The van der Waals surface area contributed by atoms with Gasteiger partial charge in [-0.05, 0) is 56.6 Å². The molecule has 2 aromatic carbocycles. The van der Waals surface area contributed by atoms with Crippen molar-refractivity contribution in [2.75, 3.05) is 26.2 Å². The fraction of sp³-hybridized carbons (Fsp3) is 0.516. The number of benzene rings is 2. The fourth-order valence-electron chi connectivity index (χ4n) is 5.39. The molecule has 1 aliphatic heterocycles. The van der Waals surface area contributed by atoms with Crippen molar-refractivity contribution in [3.63, 3.8) is 0 Å². The lowest BCUT2D eigenvalue weighted by molar-refractivity contribution is -0.143. The number of rotatable bonds is 12. The van der Waals surface area contributed by atoms with E-state index in [0.29, 0.717) is 57.2 Å². The Kier molecular flexibility index (Phi) is 12.4. The highest BCUT2D eigenvalue weighted by molar-refractivity contribution is 7.87. The van der Waals surface area contributed by atoms with E-state index in [2.05, 4.69) is 0 Å². The minimum Gasteiger partial charge on any atom is -0.465 e. The third-order valence-corrected chi connectivity index (χ3v) is 9.13. The van der Waals surface area contributed by atoms with Crippen LogP contribution in [-0.4, -0.2) is 80.3 Å². The van der Waals surface area contributed by atoms with E-state index in [1.165, 1.54) is 0 Å². The molecule has 12 nitrogen and oxygen atoms in total. The van der Waals surface area contributed by atoms with Crippen molar-refractivity contribution >= 4 is 28.4 Å². The molecular weight excluding hydrogens is 590 g/mol. The van der Waals surface area contributed by atoms with E-state index in [9.17, 15) is 22.8 Å². The molecule has 2 amide bonds. The first kappa shape index (κ1) is 33.2. The maximum Gasteiger partial charge on any atom is 0.422 e. The van der Waals surface area contributed by atoms with E-state index in [0.717, 1.165) is 9.87 Å². The van der Waals surface area contributed by atoms with Crippen molar-refractivity contribution in [2.45, 2.75) is 76.9 Å². The van der Waals surface area contributed by atoms with Gasteiger partial charge in [0.05, 0.1) is 18.8 Å². The van der Waals surface area contributed by atoms with Crippen LogP contribution in [0.2, 0.25) is 0 Å². The summed E-state index contributed by atoms with van der Waals surface area (Å²) in [6.45, 7) is 2.41. The highest BCUT2D eigenvalue weighted by Crippen LogP contribution is 2.29. The molecule has 0 atom stereocenters. The van der Waals surface area contributed by atoms with Crippen LogP contribution >= 0.6 is 0 Å². The average molecular weight is 632 g/mol. The monoisotopic (exact) mass is 631 g/mol. The van der Waals surface area contributed by atoms with Crippen LogP contribution in [0.5, 0.6) is 0 Å². The van der Waals surface area contributed by atoms with Crippen molar-refractivity contribution in [2.24, 2.45) is 0 Å². The maximum atomic E-state index is 13.2. The summed E-state index contributed by atoms with van der Waals surface area (Å²) in [6.07, 6.45) is 1.83. The van der Waals surface area contributed by atoms with Gasteiger partial charge >= 0.3 is 28.4 Å². The van der Waals surface area contributed by atoms with Crippen LogP contribution in [0.25, 0.3) is 0 Å². The maximum absolute atomic E-state index is 13.2. The van der Waals surface area contributed by atoms with Crippen LogP contribution in [0.1, 0.15) is 56.6 Å². The predicted octanol–water partition coefficient (Wildman–Crippen LogP) is 4.15. The van der Waals surface area contributed by atoms with Crippen LogP contribution in [0, 0.1) is 0 Å². The van der Waals surface area contributed by atoms with Gasteiger partial charge in [0.25, 0.3) is 0 Å². The molecule has 1 heterocycles. The van der Waals surface area contributed by atoms with Gasteiger partial charge in [-0.2, -0.15) is 12.7 Å². The lowest BCUT2D eigenvalue weighted by Crippen LogP contribution is -2.52. The number of nitrogens with one attached hydrogen (secondary N) is 1. The summed E-state index contributed by atoms with van der Waals surface area (Å²) in [6, 6.07) is 17.9. The van der Waals surface area contributed by atoms with Crippen molar-refractivity contribution in [1.82, 2.24) is 13.9 Å². The summed E-state index contributed by atoms with van der Waals surface area (Å²) >= 11 is 0. The zero-order valence-electron chi connectivity index (χ0n) is 25.0. The first-order valence-corrected chi connectivity index (χ1v) is 16.4. The molecule has 1 saturated heterocycles. The molecule has 1 N–H and O–H groups in total. The minimum atomic E-state index is -4.40. The molecule has 2 aliphatic rings. The van der Waals surface area contributed by atoms with Crippen molar-refractivity contribution in [3.05, 3.63) is 71.8 Å². The van der Waals surface area contributed by atoms with Crippen molar-refractivity contribution < 1.29 is 41.7 Å². The van der Waals surface area contributed by atoms with Gasteiger partial charge in [0.2, 0.25) is 0 Å². The van der Waals surface area contributed by atoms with Crippen LogP contribution in [0.3, 0.4) is 0 Å². The molecule has 0 radical (unpaired) electrons. The SMILES string of the molecule is CCOC(=O)CN([C@H]1CC[C@H](OC2CCN(C(=O)OCc3ccccc3)CC2)CC1)S(=O)(=O)NC(=O)OCc1ccccc1. The summed E-state index contributed by atoms with van der Waals surface area (Å²) in [5, 5.41) is 0. The highest BCUT2D eigenvalue weighted by Gasteiger charge is 2.37. The van der Waals surface area contributed by atoms with Gasteiger partial charge in [0, 0.05) is 19.1 Å². The number of piperidine rings is 1. The Bertz CT molecular complexity index is 1310. The molecule has 1 saturated carbocycles. The van der Waals surface area contributed by atoms with E-state index < -0.39 is 34.9 Å². The Labute approximate surface area is 258 Å². The molecule has 2 fully saturated rings. The molecule has 2 aromatic rings. The van der Waals surface area contributed by atoms with Crippen LogP contribution in [-0.2, 0) is 47.2 Å². The Morgan fingerprint density at radius 2 is 1.34 bits per heavy atom. The highest BCUT2D eigenvalue weighted by atomic mass is 32.2. The molecule has 13 heteroatoms. The van der Waals surface area contributed by atoms with E-state index >= 15 is 0 Å². The number of esters is 1. The first-order chi connectivity index (χ1) is 21.2. The molecular formula is C31H41N3O9S. The second-order valence-electron chi connectivity index (χ2n) is 10.8. The number of hydrogen-bond donors (Lipinski definition) is 1. The van der Waals surface area contributed by atoms with Gasteiger partial charge in [0.15, 0.2) is 0 Å². The first-order valence-electron chi connectivity index (χ1n) is 15.0. The summed E-state index contributed by atoms with van der Waals surface area (Å²) in [5.41, 5.74) is 1.64. The van der Waals surface area contributed by atoms with Gasteiger partial charge < -0.3 is 23.8 Å². The van der Waals surface area contributed by atoms with E-state index in [1.807, 2.05) is 41.1 Å². The number of ether oxygens (including phenoxy) is 4. The Morgan fingerprint density at radius 3 is 1.91 bits per heavy atom. The van der Waals surface area contributed by atoms with Crippen molar-refractivity contribution in [3.8, 4) is 0 Å². The van der Waals surface area contributed by atoms with Crippen molar-refractivity contribution in [1.29, 1.82) is 0 Å². The number of likely N-dealkylation sites (tertiary alicyclic amines) is 1. The normalized spacial score (nSPS) is 19.3. The van der Waals surface area contributed by atoms with Gasteiger partial charge in [-0.25, -0.2) is 14.3 Å². The summed E-state index contributed by atoms with van der Waals surface area (Å²) in [4.78, 5) is 38.9. The lowest BCUT2D eigenvalue weighted by atomic mass is 9.92. The largest absolute Gasteiger partial charge is 0.465 e. The second kappa shape index (κ2) is 16.4. The smallest absolute Gasteiger partial charge is 0.422 e. The van der Waals surface area contributed by atoms with Gasteiger partial charge in [0.1, 0.15) is 19.8 Å². The third kappa shape index (κ3) is 10.2. The minimum absolute atomic E-state index is 0.0184. The number of nitrogens with zero attached hydrogens (tertiary/aromatic N) is 2. The van der Waals surface area contributed by atoms with Crippen LogP contribution in [0.4, 0.5) is 9.59 Å². The van der Waals surface area contributed by atoms with Gasteiger partial charge in [-0.1, -0.05) is 60.7 Å². The Morgan fingerprint density at radius 1 is 0.795 bits per heavy atom. The Balaban J connectivity index is 1.24. The molecule has 0 bridgehead atoms. The molecule has 1 aliphatic carbocycles. The van der Waals surface area contributed by atoms with E-state index in [4.69, 9.17) is 18.9 Å². The number of carbonyl (C=O) groups excluding carboxylic acids is 3. The van der Waals surface area contributed by atoms with Crippen LogP contribution < -0.4 is 4.72 Å². The molecule has 0 aromatic heterocycles. The van der Waals surface area contributed by atoms with Crippen LogP contribution in [0.15, 0.2) is 60.7 Å². The lowest BCUT2D eigenvalue weighted by Gasteiger charge is -2.38. The van der Waals surface area contributed by atoms with Gasteiger partial charge in [-0.3, -0.25) is 4.79 Å². The quantitative estimate of drug-likeness (QED) is 0.270. The van der Waals surface area contributed by atoms with E-state index in [-0.39, 0.29) is 38.1 Å². The third-order valence-electron chi connectivity index (χ3n) is 7.67. The number of carbonyl (C=O) groups is 3. The zero-order valence-corrected chi connectivity index (χ0v) is 25.8. The van der Waals surface area contributed by atoms with E-state index in [1.54, 1.807) is 36.1 Å². The molecule has 0 unspecified atom stereocenters. The second-order valence-corrected chi connectivity index (χ2v) is 12.4. The zero-order chi connectivity index (χ0) is 31.4. The summed E-state index contributed by atoms with van der Waals surface area (Å²) < 4.78 is 51.3. The summed E-state index contributed by atoms with van der Waals surface area (Å²) in [5.74, 6) is -0.706. The standard InChI is InChI=1S/C31H41N3O9S/c1-2-40-29(35)21-34(44(38,39)32-30(36)41-22-24-9-5-3-6-10-24)26-13-15-27(16-14-26)43-28-17-19-33(20-18-28)31(37)42-23-25-11-7-4-8-12-25/h3-12,26-28H,2,13-23H2,1H3,(H,32,36)/t26-,27-. The summed E-state index contributed by atoms with van der Waals surface area (Å²) in [7, 11) is -4.40. The molecule has 4 rings (SSSR count). The van der Waals surface area contributed by atoms with Gasteiger partial charge in [-0.15, -0.1) is 0 Å². The predicted molar refractivity (Wildman–Crippen MR) is 160 cm³/mol. The fourth-order valence-corrected chi connectivity index (χ4v) is 6.65.